The van der Waals surface area contributed by atoms with Crippen molar-refractivity contribution in [3.63, 3.8) is 0 Å². The van der Waals surface area contributed by atoms with Crippen molar-refractivity contribution < 1.29 is 28.1 Å². The minimum Gasteiger partial charge on any atom is -0.358 e. The van der Waals surface area contributed by atoms with Gasteiger partial charge in [-0.2, -0.15) is 6.42 Å². The second-order valence-electron chi connectivity index (χ2n) is 2.37. The van der Waals surface area contributed by atoms with Gasteiger partial charge < -0.3 is 14.4 Å². The fraction of sp³-hybridized carbons (Fsp3) is 0.500. The Morgan fingerprint density at radius 3 is 2.18 bits per heavy atom. The summed E-state index contributed by atoms with van der Waals surface area (Å²) in [5.74, 6) is 0.0983. The molecular formula is C8H12O2V. The van der Waals surface area contributed by atoms with Crippen molar-refractivity contribution in [1.29, 1.82) is 0 Å². The van der Waals surface area contributed by atoms with Crippen molar-refractivity contribution in [2.45, 2.75) is 19.3 Å². The Kier molecular flexibility index (Phi) is 6.83. The van der Waals surface area contributed by atoms with Gasteiger partial charge in [-0.1, -0.05) is 0 Å². The van der Waals surface area contributed by atoms with E-state index < -0.39 is 0 Å². The van der Waals surface area contributed by atoms with Gasteiger partial charge in [-0.15, -0.1) is 0 Å². The van der Waals surface area contributed by atoms with Crippen LogP contribution in [0.5, 0.6) is 0 Å². The Morgan fingerprint density at radius 2 is 2.00 bits per heavy atom. The van der Waals surface area contributed by atoms with Crippen LogP contribution in [0.1, 0.15) is 19.3 Å². The fourth-order valence-corrected chi connectivity index (χ4v) is 1.06. The van der Waals surface area contributed by atoms with E-state index in [4.69, 9.17) is 0 Å². The van der Waals surface area contributed by atoms with Crippen LogP contribution in [0.25, 0.3) is 0 Å². The molecule has 1 fully saturated rings. The van der Waals surface area contributed by atoms with Crippen molar-refractivity contribution >= 4 is 11.6 Å². The number of hydrogen-bond acceptors (Lipinski definition) is 2. The van der Waals surface area contributed by atoms with Crippen LogP contribution in [0.2, 0.25) is 0 Å². The molecule has 11 heavy (non-hydrogen) atoms. The van der Waals surface area contributed by atoms with E-state index in [1.807, 2.05) is 0 Å². The molecule has 1 saturated carbocycles. The van der Waals surface area contributed by atoms with Gasteiger partial charge in [0.1, 0.15) is 11.6 Å². The zero-order valence-electron chi connectivity index (χ0n) is 6.67. The fourth-order valence-electron chi connectivity index (χ4n) is 1.06. The maximum Gasteiger partial charge on any atom is 2.00 e. The van der Waals surface area contributed by atoms with Crippen LogP contribution in [0, 0.1) is 20.3 Å². The Labute approximate surface area is 79.6 Å². The van der Waals surface area contributed by atoms with E-state index in [0.29, 0.717) is 12.8 Å². The first-order valence-corrected chi connectivity index (χ1v) is 3.07. The van der Waals surface area contributed by atoms with E-state index in [0.717, 1.165) is 0 Å². The standard InChI is InChI=1S/C7H9O2.CH3.V/c1-2-5-3-6(8)4-7(5)9;;/h5H,1-4H2;1H3;/q2*-1;+2. The Morgan fingerprint density at radius 1 is 1.45 bits per heavy atom. The van der Waals surface area contributed by atoms with Gasteiger partial charge in [-0.3, -0.25) is 9.59 Å². The van der Waals surface area contributed by atoms with E-state index >= 15 is 0 Å². The number of ketones is 2. The van der Waals surface area contributed by atoms with Gasteiger partial charge in [0.15, 0.2) is 0 Å². The molecule has 2 nitrogen and oxygen atoms in total. The summed E-state index contributed by atoms with van der Waals surface area (Å²) in [6.45, 7) is 3.58. The molecule has 1 aliphatic rings. The molecule has 0 bridgehead atoms. The number of rotatable bonds is 1. The molecule has 0 aromatic rings. The van der Waals surface area contributed by atoms with E-state index in [1.54, 1.807) is 0 Å². The van der Waals surface area contributed by atoms with Crippen LogP contribution in [0.15, 0.2) is 0 Å². The average Bonchev–Trinajstić information content (AvgIpc) is 2.10. The van der Waals surface area contributed by atoms with Crippen LogP contribution < -0.4 is 0 Å². The first-order valence-electron chi connectivity index (χ1n) is 3.07. The van der Waals surface area contributed by atoms with Crippen LogP contribution in [0.4, 0.5) is 0 Å². The van der Waals surface area contributed by atoms with Crippen molar-refractivity contribution in [3.8, 4) is 0 Å². The molecule has 0 aromatic carbocycles. The first-order chi connectivity index (χ1) is 4.24. The van der Waals surface area contributed by atoms with E-state index in [2.05, 4.69) is 6.92 Å². The molecule has 1 aliphatic carbocycles. The minimum absolute atomic E-state index is 0. The van der Waals surface area contributed by atoms with Crippen molar-refractivity contribution in [2.75, 3.05) is 0 Å². The predicted octanol–water partition coefficient (Wildman–Crippen LogP) is 1.21. The van der Waals surface area contributed by atoms with Gasteiger partial charge in [0.2, 0.25) is 0 Å². The summed E-state index contributed by atoms with van der Waals surface area (Å²) >= 11 is 0. The molecule has 1 atom stereocenters. The number of carbonyl (C=O) groups excluding carboxylic acids is 2. The summed E-state index contributed by atoms with van der Waals surface area (Å²) < 4.78 is 0. The second kappa shape index (κ2) is 5.56. The summed E-state index contributed by atoms with van der Waals surface area (Å²) in [4.78, 5) is 21.3. The van der Waals surface area contributed by atoms with E-state index in [-0.39, 0.29) is 49.9 Å². The Hall–Kier alpha value is -0.0756. The monoisotopic (exact) mass is 191 g/mol. The predicted molar refractivity (Wildman–Crippen MR) is 39.1 cm³/mol. The summed E-state index contributed by atoms with van der Waals surface area (Å²) in [5, 5.41) is 0. The normalized spacial score (nSPS) is 22.5. The molecular weight excluding hydrogens is 179 g/mol. The van der Waals surface area contributed by atoms with Gasteiger partial charge in [-0.25, -0.2) is 0 Å². The molecule has 0 N–H and O–H groups in total. The second-order valence-corrected chi connectivity index (χ2v) is 2.37. The van der Waals surface area contributed by atoms with Crippen molar-refractivity contribution in [2.24, 2.45) is 5.92 Å². The maximum atomic E-state index is 10.8. The molecule has 0 amide bonds. The van der Waals surface area contributed by atoms with Gasteiger partial charge in [-0.05, 0) is 5.92 Å². The minimum atomic E-state index is -0.0579. The van der Waals surface area contributed by atoms with E-state index in [9.17, 15) is 9.59 Å². The topological polar surface area (TPSA) is 34.1 Å². The summed E-state index contributed by atoms with van der Waals surface area (Å²) in [5.41, 5.74) is 0. The average molecular weight is 191 g/mol. The Bertz CT molecular complexity index is 154. The zero-order valence-corrected chi connectivity index (χ0v) is 8.07. The number of Topliss-reactive ketones (excluding diaryl/α,β-unsaturated/α-hetero) is 2. The molecule has 0 heterocycles. The molecule has 0 aliphatic heterocycles. The summed E-state index contributed by atoms with van der Waals surface area (Å²) in [7, 11) is 0. The van der Waals surface area contributed by atoms with Gasteiger partial charge in [0.05, 0.1) is 6.42 Å². The van der Waals surface area contributed by atoms with Crippen LogP contribution >= 0.6 is 0 Å². The van der Waals surface area contributed by atoms with E-state index in [1.165, 1.54) is 0 Å². The first kappa shape index (κ1) is 13.5. The molecule has 0 aromatic heterocycles. The maximum absolute atomic E-state index is 10.8. The molecule has 1 radical (unpaired) electrons. The zero-order chi connectivity index (χ0) is 6.85. The van der Waals surface area contributed by atoms with Crippen LogP contribution in [0.3, 0.4) is 0 Å². The summed E-state index contributed by atoms with van der Waals surface area (Å²) in [6, 6.07) is 0. The number of carbonyl (C=O) groups is 2. The molecule has 1 unspecified atom stereocenters. The third-order valence-electron chi connectivity index (χ3n) is 1.65. The van der Waals surface area contributed by atoms with Gasteiger partial charge in [0, 0.05) is 6.42 Å². The third-order valence-corrected chi connectivity index (χ3v) is 1.65. The smallest absolute Gasteiger partial charge is 0.358 e. The SMILES string of the molecule is [CH2-]CC1CC(=O)CC1=O.[CH3-].[V+2]. The quantitative estimate of drug-likeness (QED) is 0.461. The largest absolute Gasteiger partial charge is 2.00 e. The van der Waals surface area contributed by atoms with Crippen LogP contribution in [-0.2, 0) is 28.1 Å². The molecule has 3 heteroatoms. The molecule has 61 valence electrons. The third kappa shape index (κ3) is 3.21. The molecule has 0 saturated heterocycles. The Balaban J connectivity index is 0. The van der Waals surface area contributed by atoms with Gasteiger partial charge >= 0.3 is 18.6 Å². The van der Waals surface area contributed by atoms with Crippen LogP contribution in [-0.4, -0.2) is 11.6 Å². The van der Waals surface area contributed by atoms with Gasteiger partial charge in [0.25, 0.3) is 0 Å². The summed E-state index contributed by atoms with van der Waals surface area (Å²) in [6.07, 6.45) is 1.16. The van der Waals surface area contributed by atoms with Crippen molar-refractivity contribution in [1.82, 2.24) is 0 Å². The van der Waals surface area contributed by atoms with Crippen molar-refractivity contribution in [3.05, 3.63) is 14.4 Å². The molecule has 0 spiro atoms. The molecule has 1 rings (SSSR count). The number of hydrogen-bond donors (Lipinski definition) is 0.